The SMILES string of the molecule is O=C(CN1C(=O)COc2ccc(Cl)cc21)NCCOc1ccc(F)cc1. The fourth-order valence-electron chi connectivity index (χ4n) is 2.44. The Hall–Kier alpha value is -2.80. The van der Waals surface area contributed by atoms with E-state index in [1.165, 1.54) is 29.2 Å². The number of carbonyl (C=O) groups excluding carboxylic acids is 2. The van der Waals surface area contributed by atoms with E-state index in [9.17, 15) is 14.0 Å². The molecular formula is C18H16ClFN2O4. The van der Waals surface area contributed by atoms with Gasteiger partial charge in [0, 0.05) is 5.02 Å². The molecule has 3 rings (SSSR count). The fraction of sp³-hybridized carbons (Fsp3) is 0.222. The number of halogens is 2. The second kappa shape index (κ2) is 8.05. The molecule has 0 aliphatic carbocycles. The standard InChI is InChI=1S/C18H16ClFN2O4/c19-12-1-6-16-15(9-12)22(18(24)11-26-16)10-17(23)21-7-8-25-14-4-2-13(20)3-5-14/h1-6,9H,7-8,10-11H2,(H,21,23). The Labute approximate surface area is 154 Å². The predicted molar refractivity (Wildman–Crippen MR) is 94.2 cm³/mol. The molecule has 1 heterocycles. The molecule has 2 aromatic carbocycles. The van der Waals surface area contributed by atoms with Crippen LogP contribution in [0.15, 0.2) is 42.5 Å². The lowest BCUT2D eigenvalue weighted by molar-refractivity contribution is -0.125. The van der Waals surface area contributed by atoms with Gasteiger partial charge in [-0.2, -0.15) is 0 Å². The summed E-state index contributed by atoms with van der Waals surface area (Å²) in [6, 6.07) is 10.5. The number of benzene rings is 2. The van der Waals surface area contributed by atoms with E-state index in [0.29, 0.717) is 22.2 Å². The van der Waals surface area contributed by atoms with Crippen molar-refractivity contribution in [1.82, 2.24) is 5.32 Å². The molecule has 0 aromatic heterocycles. The van der Waals surface area contributed by atoms with Crippen molar-refractivity contribution in [2.45, 2.75) is 0 Å². The van der Waals surface area contributed by atoms with E-state index >= 15 is 0 Å². The van der Waals surface area contributed by atoms with Gasteiger partial charge in [0.2, 0.25) is 5.91 Å². The number of amides is 2. The summed E-state index contributed by atoms with van der Waals surface area (Å²) in [5.41, 5.74) is 0.464. The van der Waals surface area contributed by atoms with Crippen molar-refractivity contribution in [3.8, 4) is 11.5 Å². The molecule has 1 aliphatic rings. The van der Waals surface area contributed by atoms with Crippen LogP contribution in [0.1, 0.15) is 0 Å². The topological polar surface area (TPSA) is 67.9 Å². The van der Waals surface area contributed by atoms with Crippen LogP contribution in [0.4, 0.5) is 10.1 Å². The molecule has 136 valence electrons. The highest BCUT2D eigenvalue weighted by atomic mass is 35.5. The summed E-state index contributed by atoms with van der Waals surface area (Å²) in [4.78, 5) is 25.5. The van der Waals surface area contributed by atoms with Gasteiger partial charge >= 0.3 is 0 Å². The minimum Gasteiger partial charge on any atom is -0.492 e. The van der Waals surface area contributed by atoms with Gasteiger partial charge in [-0.1, -0.05) is 11.6 Å². The maximum Gasteiger partial charge on any atom is 0.265 e. The van der Waals surface area contributed by atoms with Crippen LogP contribution in [0.2, 0.25) is 5.02 Å². The number of nitrogens with zero attached hydrogens (tertiary/aromatic N) is 1. The lowest BCUT2D eigenvalue weighted by atomic mass is 10.2. The third-order valence-electron chi connectivity index (χ3n) is 3.67. The van der Waals surface area contributed by atoms with E-state index in [-0.39, 0.29) is 43.9 Å². The van der Waals surface area contributed by atoms with Crippen LogP contribution in [0.5, 0.6) is 11.5 Å². The van der Waals surface area contributed by atoms with Crippen molar-refractivity contribution >= 4 is 29.1 Å². The number of rotatable bonds is 6. The van der Waals surface area contributed by atoms with Crippen LogP contribution in [0.3, 0.4) is 0 Å². The Balaban J connectivity index is 1.51. The molecule has 0 bridgehead atoms. The second-order valence-electron chi connectivity index (χ2n) is 5.53. The van der Waals surface area contributed by atoms with Crippen molar-refractivity contribution in [2.75, 3.05) is 31.2 Å². The third kappa shape index (κ3) is 4.43. The molecule has 0 saturated carbocycles. The Morgan fingerprint density at radius 1 is 1.27 bits per heavy atom. The van der Waals surface area contributed by atoms with Crippen molar-refractivity contribution in [2.24, 2.45) is 0 Å². The molecule has 0 spiro atoms. The van der Waals surface area contributed by atoms with Gasteiger partial charge in [-0.05, 0) is 42.5 Å². The van der Waals surface area contributed by atoms with Crippen LogP contribution in [0, 0.1) is 5.82 Å². The number of hydrogen-bond donors (Lipinski definition) is 1. The summed E-state index contributed by atoms with van der Waals surface area (Å²) < 4.78 is 23.5. The van der Waals surface area contributed by atoms with Crippen molar-refractivity contribution in [3.63, 3.8) is 0 Å². The average Bonchev–Trinajstić information content (AvgIpc) is 2.63. The van der Waals surface area contributed by atoms with E-state index < -0.39 is 0 Å². The van der Waals surface area contributed by atoms with Gasteiger partial charge in [0.1, 0.15) is 30.5 Å². The highest BCUT2D eigenvalue weighted by molar-refractivity contribution is 6.31. The molecule has 6 nitrogen and oxygen atoms in total. The first-order valence-electron chi connectivity index (χ1n) is 7.91. The summed E-state index contributed by atoms with van der Waals surface area (Å²) in [7, 11) is 0. The molecule has 2 amide bonds. The molecule has 0 unspecified atom stereocenters. The lowest BCUT2D eigenvalue weighted by Crippen LogP contribution is -2.45. The zero-order valence-electron chi connectivity index (χ0n) is 13.7. The summed E-state index contributed by atoms with van der Waals surface area (Å²) in [6.45, 7) is 0.190. The van der Waals surface area contributed by atoms with E-state index in [1.54, 1.807) is 18.2 Å². The molecule has 1 N–H and O–H groups in total. The summed E-state index contributed by atoms with van der Waals surface area (Å²) in [5, 5.41) is 3.12. The molecule has 0 atom stereocenters. The summed E-state index contributed by atoms with van der Waals surface area (Å²) >= 11 is 5.96. The minimum atomic E-state index is -0.346. The predicted octanol–water partition coefficient (Wildman–Crippen LogP) is 2.40. The molecule has 0 saturated heterocycles. The fourth-order valence-corrected chi connectivity index (χ4v) is 2.60. The normalized spacial score (nSPS) is 13.0. The first kappa shape index (κ1) is 18.0. The quantitative estimate of drug-likeness (QED) is 0.784. The zero-order chi connectivity index (χ0) is 18.5. The lowest BCUT2D eigenvalue weighted by Gasteiger charge is -2.29. The van der Waals surface area contributed by atoms with Crippen molar-refractivity contribution < 1.29 is 23.5 Å². The van der Waals surface area contributed by atoms with Crippen LogP contribution in [-0.2, 0) is 9.59 Å². The monoisotopic (exact) mass is 378 g/mol. The third-order valence-corrected chi connectivity index (χ3v) is 3.91. The molecule has 1 aliphatic heterocycles. The molecular weight excluding hydrogens is 363 g/mol. The Bertz CT molecular complexity index is 813. The average molecular weight is 379 g/mol. The summed E-state index contributed by atoms with van der Waals surface area (Å²) in [5.74, 6) is 0.00148. The van der Waals surface area contributed by atoms with E-state index in [1.807, 2.05) is 0 Å². The van der Waals surface area contributed by atoms with Gasteiger partial charge in [-0.15, -0.1) is 0 Å². The minimum absolute atomic E-state index is 0.129. The van der Waals surface area contributed by atoms with Crippen LogP contribution < -0.4 is 19.7 Å². The van der Waals surface area contributed by atoms with Crippen molar-refractivity contribution in [1.29, 1.82) is 0 Å². The molecule has 0 fully saturated rings. The number of fused-ring (bicyclic) bond motifs is 1. The number of carbonyl (C=O) groups is 2. The largest absolute Gasteiger partial charge is 0.492 e. The van der Waals surface area contributed by atoms with Gasteiger partial charge in [-0.25, -0.2) is 4.39 Å². The van der Waals surface area contributed by atoms with E-state index in [0.717, 1.165) is 0 Å². The van der Waals surface area contributed by atoms with E-state index in [4.69, 9.17) is 21.1 Å². The molecule has 8 heteroatoms. The smallest absolute Gasteiger partial charge is 0.265 e. The van der Waals surface area contributed by atoms with Gasteiger partial charge in [0.25, 0.3) is 5.91 Å². The van der Waals surface area contributed by atoms with Crippen molar-refractivity contribution in [3.05, 3.63) is 53.3 Å². The first-order chi connectivity index (χ1) is 12.5. The molecule has 2 aromatic rings. The zero-order valence-corrected chi connectivity index (χ0v) is 14.5. The Kier molecular flexibility index (Phi) is 5.58. The summed E-state index contributed by atoms with van der Waals surface area (Å²) in [6.07, 6.45) is 0. The van der Waals surface area contributed by atoms with Gasteiger partial charge < -0.3 is 14.8 Å². The number of hydrogen-bond acceptors (Lipinski definition) is 4. The Morgan fingerprint density at radius 2 is 2.04 bits per heavy atom. The van der Waals surface area contributed by atoms with Crippen LogP contribution in [0.25, 0.3) is 0 Å². The Morgan fingerprint density at radius 3 is 2.81 bits per heavy atom. The van der Waals surface area contributed by atoms with E-state index in [2.05, 4.69) is 5.32 Å². The highest BCUT2D eigenvalue weighted by Gasteiger charge is 2.27. The van der Waals surface area contributed by atoms with Crippen LogP contribution in [-0.4, -0.2) is 38.1 Å². The van der Waals surface area contributed by atoms with Gasteiger partial charge in [0.15, 0.2) is 6.61 Å². The molecule has 0 radical (unpaired) electrons. The number of anilines is 1. The van der Waals surface area contributed by atoms with Gasteiger partial charge in [0.05, 0.1) is 12.2 Å². The molecule has 26 heavy (non-hydrogen) atoms. The maximum absolute atomic E-state index is 12.8. The number of ether oxygens (including phenoxy) is 2. The van der Waals surface area contributed by atoms with Gasteiger partial charge in [-0.3, -0.25) is 14.5 Å². The maximum atomic E-state index is 12.8. The van der Waals surface area contributed by atoms with Crippen LogP contribution >= 0.6 is 11.6 Å². The second-order valence-corrected chi connectivity index (χ2v) is 5.97. The number of nitrogens with one attached hydrogen (secondary N) is 1. The highest BCUT2D eigenvalue weighted by Crippen LogP contribution is 2.34. The first-order valence-corrected chi connectivity index (χ1v) is 8.28.